The first-order valence-corrected chi connectivity index (χ1v) is 11.1. The zero-order valence-corrected chi connectivity index (χ0v) is 18.8. The summed E-state index contributed by atoms with van der Waals surface area (Å²) in [6.07, 6.45) is 27.7. The van der Waals surface area contributed by atoms with Crippen molar-refractivity contribution in [3.8, 4) is 0 Å². The summed E-state index contributed by atoms with van der Waals surface area (Å²) in [7, 11) is 4.59. The zero-order valence-electron chi connectivity index (χ0n) is 18.0. The Bertz CT molecular complexity index is 273. The standard InChI is InChI=1S/C23H48N.ClH/c1-5-7-8-9-10-11-12-13-14-15-16-17-18-19-20-21-23-24(3,4)22-6-2;/h6,22H,5,7-21,23H2,1-4H3;1H/q+1;/p-1. The van der Waals surface area contributed by atoms with Crippen LogP contribution in [0, 0.1) is 0 Å². The highest BCUT2D eigenvalue weighted by Crippen LogP contribution is 2.14. The molecule has 152 valence electrons. The SMILES string of the molecule is CC=C[N+](C)(C)CCCCCCCCCCCCCCCCCC.[Cl-]. The van der Waals surface area contributed by atoms with Crippen LogP contribution in [0.15, 0.2) is 12.3 Å². The molecule has 0 radical (unpaired) electrons. The molecular weight excluding hydrogens is 326 g/mol. The lowest BCUT2D eigenvalue weighted by molar-refractivity contribution is -0.839. The molecule has 0 aromatic carbocycles. The Morgan fingerprint density at radius 3 is 1.20 bits per heavy atom. The number of allylic oxidation sites excluding steroid dienone is 1. The highest BCUT2D eigenvalue weighted by molar-refractivity contribution is 4.66. The molecule has 0 saturated heterocycles. The van der Waals surface area contributed by atoms with Gasteiger partial charge in [0.05, 0.1) is 26.8 Å². The van der Waals surface area contributed by atoms with E-state index < -0.39 is 0 Å². The fourth-order valence-electron chi connectivity index (χ4n) is 3.55. The predicted molar refractivity (Wildman–Crippen MR) is 111 cm³/mol. The molecule has 0 spiro atoms. The summed E-state index contributed by atoms with van der Waals surface area (Å²) in [5.74, 6) is 0. The Kier molecular flexibility index (Phi) is 22.1. The van der Waals surface area contributed by atoms with E-state index in [1.807, 2.05) is 0 Å². The third-order valence-corrected chi connectivity index (χ3v) is 5.14. The van der Waals surface area contributed by atoms with Gasteiger partial charge in [0.2, 0.25) is 0 Å². The van der Waals surface area contributed by atoms with Gasteiger partial charge in [-0.15, -0.1) is 0 Å². The quantitative estimate of drug-likeness (QED) is 0.237. The minimum atomic E-state index is 0. The second-order valence-electron chi connectivity index (χ2n) is 8.29. The van der Waals surface area contributed by atoms with Crippen LogP contribution in [-0.4, -0.2) is 25.1 Å². The minimum Gasteiger partial charge on any atom is -1.00 e. The van der Waals surface area contributed by atoms with Gasteiger partial charge < -0.3 is 16.9 Å². The third-order valence-electron chi connectivity index (χ3n) is 5.14. The highest BCUT2D eigenvalue weighted by Gasteiger charge is 2.08. The number of unbranched alkanes of at least 4 members (excludes halogenated alkanes) is 15. The van der Waals surface area contributed by atoms with Gasteiger partial charge in [0.25, 0.3) is 0 Å². The number of quaternary nitrogens is 1. The van der Waals surface area contributed by atoms with Gasteiger partial charge in [-0.1, -0.05) is 96.8 Å². The molecule has 0 rings (SSSR count). The molecule has 0 aliphatic rings. The fourth-order valence-corrected chi connectivity index (χ4v) is 3.55. The first-order valence-electron chi connectivity index (χ1n) is 11.1. The topological polar surface area (TPSA) is 0 Å². The van der Waals surface area contributed by atoms with Crippen LogP contribution < -0.4 is 12.4 Å². The number of nitrogens with zero attached hydrogens (tertiary/aromatic N) is 1. The number of hydrogen-bond donors (Lipinski definition) is 0. The van der Waals surface area contributed by atoms with E-state index in [0.29, 0.717) is 0 Å². The largest absolute Gasteiger partial charge is 1.00 e. The first-order chi connectivity index (χ1) is 11.6. The molecule has 0 aromatic rings. The van der Waals surface area contributed by atoms with Crippen LogP contribution in [0.2, 0.25) is 0 Å². The third kappa shape index (κ3) is 21.9. The van der Waals surface area contributed by atoms with E-state index in [1.165, 1.54) is 109 Å². The second kappa shape index (κ2) is 20.3. The number of hydrogen-bond acceptors (Lipinski definition) is 0. The zero-order chi connectivity index (χ0) is 17.9. The van der Waals surface area contributed by atoms with Crippen molar-refractivity contribution in [3.05, 3.63) is 12.3 Å². The maximum Gasteiger partial charge on any atom is 0.0911 e. The minimum absolute atomic E-state index is 0. The summed E-state index contributed by atoms with van der Waals surface area (Å²) < 4.78 is 1.04. The summed E-state index contributed by atoms with van der Waals surface area (Å²) in [4.78, 5) is 0. The summed E-state index contributed by atoms with van der Waals surface area (Å²) in [5.41, 5.74) is 0. The highest BCUT2D eigenvalue weighted by atomic mass is 35.5. The molecule has 0 heterocycles. The number of halogens is 1. The Labute approximate surface area is 166 Å². The maximum absolute atomic E-state index is 2.30. The first kappa shape index (κ1) is 27.2. The van der Waals surface area contributed by atoms with Gasteiger partial charge in [0.1, 0.15) is 0 Å². The lowest BCUT2D eigenvalue weighted by Crippen LogP contribution is -3.00. The van der Waals surface area contributed by atoms with E-state index >= 15 is 0 Å². The van der Waals surface area contributed by atoms with Crippen molar-refractivity contribution in [2.24, 2.45) is 0 Å². The molecule has 1 nitrogen and oxygen atoms in total. The summed E-state index contributed by atoms with van der Waals surface area (Å²) >= 11 is 0. The molecule has 2 heteroatoms. The summed E-state index contributed by atoms with van der Waals surface area (Å²) in [6, 6.07) is 0. The maximum atomic E-state index is 2.30. The molecule has 0 aromatic heterocycles. The Hall–Kier alpha value is -0.0100. The molecule has 0 unspecified atom stereocenters. The van der Waals surface area contributed by atoms with Crippen molar-refractivity contribution in [1.29, 1.82) is 0 Å². The Morgan fingerprint density at radius 2 is 0.880 bits per heavy atom. The summed E-state index contributed by atoms with van der Waals surface area (Å²) in [6.45, 7) is 5.70. The summed E-state index contributed by atoms with van der Waals surface area (Å²) in [5, 5.41) is 0. The van der Waals surface area contributed by atoms with Crippen LogP contribution in [0.3, 0.4) is 0 Å². The molecule has 0 saturated carbocycles. The molecule has 0 aliphatic heterocycles. The van der Waals surface area contributed by atoms with E-state index in [9.17, 15) is 0 Å². The predicted octanol–water partition coefficient (Wildman–Crippen LogP) is 4.86. The van der Waals surface area contributed by atoms with Gasteiger partial charge in [-0.25, -0.2) is 0 Å². The van der Waals surface area contributed by atoms with Crippen LogP contribution in [0.4, 0.5) is 0 Å². The molecule has 0 aliphatic carbocycles. The van der Waals surface area contributed by atoms with Crippen molar-refractivity contribution in [1.82, 2.24) is 0 Å². The average Bonchev–Trinajstić information content (AvgIpc) is 2.54. The van der Waals surface area contributed by atoms with Crippen LogP contribution in [0.5, 0.6) is 0 Å². The lowest BCUT2D eigenvalue weighted by atomic mass is 10.0. The van der Waals surface area contributed by atoms with E-state index in [-0.39, 0.29) is 12.4 Å². The van der Waals surface area contributed by atoms with Crippen molar-refractivity contribution in [2.45, 2.75) is 117 Å². The van der Waals surface area contributed by atoms with E-state index in [2.05, 4.69) is 40.2 Å². The van der Waals surface area contributed by atoms with Gasteiger partial charge >= 0.3 is 0 Å². The van der Waals surface area contributed by atoms with Gasteiger partial charge in [-0.05, 0) is 25.8 Å². The van der Waals surface area contributed by atoms with E-state index in [4.69, 9.17) is 0 Å². The van der Waals surface area contributed by atoms with E-state index in [0.717, 1.165) is 4.48 Å². The van der Waals surface area contributed by atoms with Crippen LogP contribution in [0.1, 0.15) is 117 Å². The second-order valence-corrected chi connectivity index (χ2v) is 8.29. The van der Waals surface area contributed by atoms with Crippen molar-refractivity contribution in [2.75, 3.05) is 20.6 Å². The van der Waals surface area contributed by atoms with Crippen molar-refractivity contribution >= 4 is 0 Å². The van der Waals surface area contributed by atoms with Crippen LogP contribution in [-0.2, 0) is 0 Å². The molecule has 25 heavy (non-hydrogen) atoms. The van der Waals surface area contributed by atoms with Crippen LogP contribution in [0.25, 0.3) is 0 Å². The molecule has 0 N–H and O–H groups in total. The molecule has 0 fully saturated rings. The Balaban J connectivity index is 0. The van der Waals surface area contributed by atoms with Crippen molar-refractivity contribution in [3.63, 3.8) is 0 Å². The molecule has 0 amide bonds. The molecule has 0 bridgehead atoms. The fraction of sp³-hybridized carbons (Fsp3) is 0.913. The lowest BCUT2D eigenvalue weighted by Gasteiger charge is -2.24. The smallest absolute Gasteiger partial charge is 0.0911 e. The van der Waals surface area contributed by atoms with Gasteiger partial charge in [-0.2, -0.15) is 0 Å². The average molecular weight is 374 g/mol. The monoisotopic (exact) mass is 373 g/mol. The molecular formula is C23H48ClN. The normalized spacial score (nSPS) is 11.8. The van der Waals surface area contributed by atoms with Gasteiger partial charge in [-0.3, -0.25) is 0 Å². The van der Waals surface area contributed by atoms with Crippen molar-refractivity contribution < 1.29 is 16.9 Å². The van der Waals surface area contributed by atoms with E-state index in [1.54, 1.807) is 0 Å². The van der Waals surface area contributed by atoms with Crippen LogP contribution >= 0.6 is 0 Å². The van der Waals surface area contributed by atoms with Gasteiger partial charge in [0, 0.05) is 0 Å². The Morgan fingerprint density at radius 1 is 0.560 bits per heavy atom. The van der Waals surface area contributed by atoms with Gasteiger partial charge in [0.15, 0.2) is 0 Å². The number of rotatable bonds is 18. The molecule has 0 atom stereocenters.